The zero-order chi connectivity index (χ0) is 22.6. The molecule has 1 N–H and O–H groups in total. The number of halogens is 1. The first-order valence-corrected chi connectivity index (χ1v) is 12.3. The van der Waals surface area contributed by atoms with Crippen LogP contribution in [0.1, 0.15) is 0 Å². The number of anilines is 2. The van der Waals surface area contributed by atoms with Crippen LogP contribution >= 0.6 is 11.6 Å². The van der Waals surface area contributed by atoms with E-state index in [1.165, 1.54) is 16.4 Å². The number of rotatable bonds is 6. The number of morpholine rings is 1. The summed E-state index contributed by atoms with van der Waals surface area (Å²) < 4.78 is 32.0. The smallest absolute Gasteiger partial charge is 0.243 e. The highest BCUT2D eigenvalue weighted by Crippen LogP contribution is 2.20. The van der Waals surface area contributed by atoms with Gasteiger partial charge in [-0.2, -0.15) is 4.31 Å². The van der Waals surface area contributed by atoms with E-state index in [0.29, 0.717) is 37.0 Å². The van der Waals surface area contributed by atoms with E-state index in [9.17, 15) is 13.2 Å². The Morgan fingerprint density at radius 1 is 1.00 bits per heavy atom. The summed E-state index contributed by atoms with van der Waals surface area (Å²) in [7, 11) is -3.55. The minimum absolute atomic E-state index is 0.133. The summed E-state index contributed by atoms with van der Waals surface area (Å²) in [5.41, 5.74) is 0.569. The monoisotopic (exact) mass is 479 g/mol. The zero-order valence-electron chi connectivity index (χ0n) is 17.6. The lowest BCUT2D eigenvalue weighted by molar-refractivity contribution is -0.117. The van der Waals surface area contributed by atoms with E-state index in [4.69, 9.17) is 16.3 Å². The van der Waals surface area contributed by atoms with E-state index in [0.717, 1.165) is 32.0 Å². The van der Waals surface area contributed by atoms with E-state index in [-0.39, 0.29) is 17.3 Å². The van der Waals surface area contributed by atoms with Crippen LogP contribution in [0.4, 0.5) is 11.5 Å². The quantitative estimate of drug-likeness (QED) is 0.671. The first-order chi connectivity index (χ1) is 15.4. The number of pyridine rings is 1. The van der Waals surface area contributed by atoms with Gasteiger partial charge in [-0.05, 0) is 36.4 Å². The molecular formula is C21H26ClN5O4S. The average molecular weight is 480 g/mol. The van der Waals surface area contributed by atoms with Crippen molar-refractivity contribution in [1.82, 2.24) is 14.2 Å². The van der Waals surface area contributed by atoms with Crippen LogP contribution in [0.25, 0.3) is 0 Å². The van der Waals surface area contributed by atoms with Gasteiger partial charge in [0.05, 0.1) is 29.7 Å². The fourth-order valence-electron chi connectivity index (χ4n) is 3.74. The number of carbonyl (C=O) groups excluding carboxylic acids is 1. The largest absolute Gasteiger partial charge is 0.379 e. The lowest BCUT2D eigenvalue weighted by Crippen LogP contribution is -2.48. The maximum Gasteiger partial charge on any atom is 0.243 e. The second-order valence-corrected chi connectivity index (χ2v) is 10.1. The molecule has 0 spiro atoms. The van der Waals surface area contributed by atoms with E-state index in [1.807, 2.05) is 12.1 Å². The number of hydrogen-bond donors (Lipinski definition) is 1. The van der Waals surface area contributed by atoms with E-state index in [2.05, 4.69) is 20.1 Å². The van der Waals surface area contributed by atoms with Gasteiger partial charge in [-0.3, -0.25) is 9.69 Å². The predicted molar refractivity (Wildman–Crippen MR) is 123 cm³/mol. The van der Waals surface area contributed by atoms with E-state index >= 15 is 0 Å². The number of hydrogen-bond acceptors (Lipinski definition) is 7. The number of sulfonamides is 1. The third-order valence-corrected chi connectivity index (χ3v) is 7.66. The molecule has 0 atom stereocenters. The molecular weight excluding hydrogens is 454 g/mol. The number of piperazine rings is 1. The highest BCUT2D eigenvalue weighted by atomic mass is 35.5. The lowest BCUT2D eigenvalue weighted by Gasteiger charge is -2.35. The fraction of sp³-hybridized carbons (Fsp3) is 0.429. The van der Waals surface area contributed by atoms with Gasteiger partial charge in [0.15, 0.2) is 0 Å². The van der Waals surface area contributed by atoms with Crippen LogP contribution in [0.3, 0.4) is 0 Å². The molecule has 0 unspecified atom stereocenters. The molecule has 0 bridgehead atoms. The van der Waals surface area contributed by atoms with Gasteiger partial charge in [0.25, 0.3) is 0 Å². The Hall–Kier alpha value is -2.24. The Labute approximate surface area is 193 Å². The third kappa shape index (κ3) is 5.57. The Bertz CT molecular complexity index is 1020. The Balaban J connectivity index is 1.27. The average Bonchev–Trinajstić information content (AvgIpc) is 2.81. The topological polar surface area (TPSA) is 95.1 Å². The van der Waals surface area contributed by atoms with E-state index < -0.39 is 10.0 Å². The normalized spacial score (nSPS) is 18.5. The molecule has 1 aromatic heterocycles. The molecule has 0 aliphatic carbocycles. The van der Waals surface area contributed by atoms with Crippen LogP contribution in [0.5, 0.6) is 0 Å². The van der Waals surface area contributed by atoms with Gasteiger partial charge in [0.1, 0.15) is 5.82 Å². The molecule has 11 heteroatoms. The minimum Gasteiger partial charge on any atom is -0.379 e. The molecule has 2 saturated heterocycles. The summed E-state index contributed by atoms with van der Waals surface area (Å²) in [5.74, 6) is 0.748. The van der Waals surface area contributed by atoms with Gasteiger partial charge in [-0.15, -0.1) is 0 Å². The summed E-state index contributed by atoms with van der Waals surface area (Å²) >= 11 is 5.89. The van der Waals surface area contributed by atoms with Crippen molar-refractivity contribution in [2.24, 2.45) is 0 Å². The number of benzene rings is 1. The van der Waals surface area contributed by atoms with Crippen molar-refractivity contribution in [3.63, 3.8) is 0 Å². The molecule has 2 aromatic rings. The molecule has 2 fully saturated rings. The second kappa shape index (κ2) is 10.1. The fourth-order valence-corrected chi connectivity index (χ4v) is 5.26. The molecule has 2 aliphatic rings. The van der Waals surface area contributed by atoms with Crippen molar-refractivity contribution in [1.29, 1.82) is 0 Å². The summed E-state index contributed by atoms with van der Waals surface area (Å²) in [6, 6.07) is 10.0. The summed E-state index contributed by atoms with van der Waals surface area (Å²) in [6.07, 6.45) is 1.63. The number of carbonyl (C=O) groups is 1. The van der Waals surface area contributed by atoms with Crippen molar-refractivity contribution in [3.8, 4) is 0 Å². The number of nitrogens with zero attached hydrogens (tertiary/aromatic N) is 4. The van der Waals surface area contributed by atoms with Crippen LogP contribution < -0.4 is 10.2 Å². The summed E-state index contributed by atoms with van der Waals surface area (Å²) in [6.45, 7) is 4.81. The number of nitrogens with one attached hydrogen (secondary N) is 1. The summed E-state index contributed by atoms with van der Waals surface area (Å²) in [5, 5.41) is 3.45. The van der Waals surface area contributed by atoms with Gasteiger partial charge in [0, 0.05) is 51.2 Å². The molecule has 9 nitrogen and oxygen atoms in total. The zero-order valence-corrected chi connectivity index (χ0v) is 19.2. The Morgan fingerprint density at radius 3 is 2.31 bits per heavy atom. The standard InChI is InChI=1S/C21H26ClN5O4S/c22-17-1-6-20(23-15-17)26-9-7-25(8-10-26)16-21(28)24-18-2-4-19(5-3-18)32(29,30)27-11-13-31-14-12-27/h1-6,15H,7-14,16H2,(H,24,28). The highest BCUT2D eigenvalue weighted by molar-refractivity contribution is 7.89. The number of amides is 1. The molecule has 172 valence electrons. The van der Waals surface area contributed by atoms with Gasteiger partial charge in [-0.25, -0.2) is 13.4 Å². The van der Waals surface area contributed by atoms with Gasteiger partial charge < -0.3 is 15.0 Å². The van der Waals surface area contributed by atoms with Gasteiger partial charge in [0.2, 0.25) is 15.9 Å². The molecule has 3 heterocycles. The van der Waals surface area contributed by atoms with Crippen molar-refractivity contribution < 1.29 is 17.9 Å². The number of ether oxygens (including phenoxy) is 1. The van der Waals surface area contributed by atoms with Crippen LogP contribution in [-0.2, 0) is 19.6 Å². The van der Waals surface area contributed by atoms with Crippen molar-refractivity contribution in [2.45, 2.75) is 4.90 Å². The maximum atomic E-state index is 12.7. The van der Waals surface area contributed by atoms with Crippen LogP contribution in [-0.4, -0.2) is 87.5 Å². The van der Waals surface area contributed by atoms with Crippen LogP contribution in [0.15, 0.2) is 47.5 Å². The third-order valence-electron chi connectivity index (χ3n) is 5.52. The first kappa shape index (κ1) is 22.9. The molecule has 4 rings (SSSR count). The number of aromatic nitrogens is 1. The molecule has 2 aliphatic heterocycles. The van der Waals surface area contributed by atoms with Crippen LogP contribution in [0.2, 0.25) is 5.02 Å². The van der Waals surface area contributed by atoms with Crippen LogP contribution in [0, 0.1) is 0 Å². The summed E-state index contributed by atoms with van der Waals surface area (Å²) in [4.78, 5) is 21.3. The maximum absolute atomic E-state index is 12.7. The van der Waals surface area contributed by atoms with Crippen molar-refractivity contribution in [3.05, 3.63) is 47.6 Å². The molecule has 1 amide bonds. The Morgan fingerprint density at radius 2 is 1.69 bits per heavy atom. The predicted octanol–water partition coefficient (Wildman–Crippen LogP) is 1.52. The SMILES string of the molecule is O=C(CN1CCN(c2ccc(Cl)cn2)CC1)Nc1ccc(S(=O)(=O)N2CCOCC2)cc1. The molecule has 0 radical (unpaired) electrons. The highest BCUT2D eigenvalue weighted by Gasteiger charge is 2.26. The molecule has 32 heavy (non-hydrogen) atoms. The van der Waals surface area contributed by atoms with E-state index in [1.54, 1.807) is 18.3 Å². The van der Waals surface area contributed by atoms with Crippen molar-refractivity contribution >= 4 is 39.0 Å². The minimum atomic E-state index is -3.55. The Kier molecular flexibility index (Phi) is 7.27. The van der Waals surface area contributed by atoms with Crippen molar-refractivity contribution in [2.75, 3.05) is 69.2 Å². The van der Waals surface area contributed by atoms with Gasteiger partial charge in [-0.1, -0.05) is 11.6 Å². The second-order valence-electron chi connectivity index (χ2n) is 7.69. The molecule has 1 aromatic carbocycles. The van der Waals surface area contributed by atoms with Gasteiger partial charge >= 0.3 is 0 Å². The first-order valence-electron chi connectivity index (χ1n) is 10.5. The molecule has 0 saturated carbocycles. The lowest BCUT2D eigenvalue weighted by atomic mass is 10.3.